The maximum atomic E-state index is 13.7. The highest BCUT2D eigenvalue weighted by Crippen LogP contribution is 2.17. The molecule has 5 nitrogen and oxygen atoms in total. The minimum atomic E-state index is -3.70. The molecule has 0 radical (unpaired) electrons. The van der Waals surface area contributed by atoms with Crippen molar-refractivity contribution in [1.29, 1.82) is 0 Å². The number of nitrogens with zero attached hydrogens (tertiary/aromatic N) is 2. The zero-order valence-electron chi connectivity index (χ0n) is 15.0. The average Bonchev–Trinajstić information content (AvgIpc) is 2.61. The lowest BCUT2D eigenvalue weighted by Gasteiger charge is -2.22. The maximum absolute atomic E-state index is 13.7. The highest BCUT2D eigenvalue weighted by atomic mass is 127. The first-order valence-corrected chi connectivity index (χ1v) is 10.4. The van der Waals surface area contributed by atoms with Crippen LogP contribution in [0.4, 0.5) is 4.39 Å². The molecule has 0 saturated carbocycles. The van der Waals surface area contributed by atoms with E-state index in [9.17, 15) is 12.8 Å². The van der Waals surface area contributed by atoms with E-state index in [-0.39, 0.29) is 41.2 Å². The van der Waals surface area contributed by atoms with Crippen molar-refractivity contribution in [3.63, 3.8) is 0 Å². The second-order valence-electron chi connectivity index (χ2n) is 5.67. The summed E-state index contributed by atoms with van der Waals surface area (Å²) in [5.74, 6) is -0.400. The topological polar surface area (TPSA) is 61.8 Å². The predicted octanol–water partition coefficient (Wildman–Crippen LogP) is 3.69. The van der Waals surface area contributed by atoms with E-state index in [1.807, 2.05) is 36.2 Å². The van der Waals surface area contributed by atoms with E-state index in [0.717, 1.165) is 16.1 Å². The quantitative estimate of drug-likeness (QED) is 0.327. The van der Waals surface area contributed by atoms with Crippen LogP contribution in [-0.2, 0) is 16.4 Å². The Morgan fingerprint density at radius 2 is 1.81 bits per heavy atom. The lowest BCUT2D eigenvalue weighted by molar-refractivity contribution is 0.477. The molecular formula is C18H22BrFIN3O2S. The molecule has 0 amide bonds. The minimum Gasteiger partial charge on any atom is -0.355 e. The lowest BCUT2D eigenvalue weighted by atomic mass is 10.2. The van der Waals surface area contributed by atoms with Gasteiger partial charge in [-0.1, -0.05) is 46.3 Å². The molecule has 2 aromatic rings. The Balaban J connectivity index is 0.00000364. The normalized spacial score (nSPS) is 11.6. The SMILES string of the molecule is CN=C(NCCS(=O)(=O)c1ccccc1F)N(C)Cc1ccccc1Br.I. The van der Waals surface area contributed by atoms with Crippen LogP contribution in [0, 0.1) is 5.82 Å². The summed E-state index contributed by atoms with van der Waals surface area (Å²) in [5.41, 5.74) is 1.08. The van der Waals surface area contributed by atoms with Crippen molar-refractivity contribution < 1.29 is 12.8 Å². The molecule has 2 aromatic carbocycles. The third kappa shape index (κ3) is 6.72. The van der Waals surface area contributed by atoms with Crippen molar-refractivity contribution >= 4 is 55.7 Å². The molecule has 0 aliphatic carbocycles. The molecular weight excluding hydrogens is 548 g/mol. The van der Waals surface area contributed by atoms with Crippen LogP contribution < -0.4 is 5.32 Å². The predicted molar refractivity (Wildman–Crippen MR) is 121 cm³/mol. The van der Waals surface area contributed by atoms with Crippen LogP contribution in [0.3, 0.4) is 0 Å². The number of nitrogens with one attached hydrogen (secondary N) is 1. The van der Waals surface area contributed by atoms with Crippen LogP contribution in [0.25, 0.3) is 0 Å². The summed E-state index contributed by atoms with van der Waals surface area (Å²) in [6.45, 7) is 0.727. The van der Waals surface area contributed by atoms with Gasteiger partial charge < -0.3 is 10.2 Å². The highest BCUT2D eigenvalue weighted by Gasteiger charge is 2.19. The summed E-state index contributed by atoms with van der Waals surface area (Å²) in [7, 11) is -0.214. The largest absolute Gasteiger partial charge is 0.355 e. The zero-order chi connectivity index (χ0) is 19.2. The van der Waals surface area contributed by atoms with Crippen LogP contribution in [-0.4, -0.2) is 45.7 Å². The molecule has 27 heavy (non-hydrogen) atoms. The Morgan fingerprint density at radius 1 is 1.19 bits per heavy atom. The van der Waals surface area contributed by atoms with Crippen LogP contribution in [0.2, 0.25) is 0 Å². The van der Waals surface area contributed by atoms with Gasteiger partial charge in [0.1, 0.15) is 10.7 Å². The monoisotopic (exact) mass is 569 g/mol. The summed E-state index contributed by atoms with van der Waals surface area (Å²) in [4.78, 5) is 5.78. The molecule has 0 fully saturated rings. The molecule has 0 spiro atoms. The Morgan fingerprint density at radius 3 is 2.44 bits per heavy atom. The van der Waals surface area contributed by atoms with Gasteiger partial charge in [-0.25, -0.2) is 12.8 Å². The number of benzene rings is 2. The van der Waals surface area contributed by atoms with Crippen molar-refractivity contribution in [2.24, 2.45) is 4.99 Å². The molecule has 0 atom stereocenters. The van der Waals surface area contributed by atoms with Gasteiger partial charge in [-0.15, -0.1) is 24.0 Å². The number of guanidine groups is 1. The van der Waals surface area contributed by atoms with E-state index in [0.29, 0.717) is 12.5 Å². The van der Waals surface area contributed by atoms with E-state index in [1.54, 1.807) is 7.05 Å². The summed E-state index contributed by atoms with van der Waals surface area (Å²) in [5, 5.41) is 3.01. The molecule has 0 aliphatic heterocycles. The standard InChI is InChI=1S/C18H21BrFN3O2S.HI/c1-21-18(23(2)13-14-7-3-4-8-15(14)19)22-11-12-26(24,25)17-10-6-5-9-16(17)20;/h3-10H,11-13H2,1-2H3,(H,21,22);1H. The Kier molecular flexibility index (Phi) is 9.68. The Labute approximate surface area is 185 Å². The van der Waals surface area contributed by atoms with Crippen molar-refractivity contribution in [1.82, 2.24) is 10.2 Å². The van der Waals surface area contributed by atoms with E-state index in [2.05, 4.69) is 26.2 Å². The third-order valence-electron chi connectivity index (χ3n) is 3.76. The Bertz CT molecular complexity index is 894. The zero-order valence-corrected chi connectivity index (χ0v) is 19.8. The number of sulfone groups is 1. The highest BCUT2D eigenvalue weighted by molar-refractivity contribution is 14.0. The molecule has 0 heterocycles. The molecule has 0 aromatic heterocycles. The molecule has 0 saturated heterocycles. The van der Waals surface area contributed by atoms with Gasteiger partial charge >= 0.3 is 0 Å². The second kappa shape index (κ2) is 11.0. The number of hydrogen-bond acceptors (Lipinski definition) is 3. The summed E-state index contributed by atoms with van der Waals surface area (Å²) >= 11 is 3.51. The van der Waals surface area contributed by atoms with Gasteiger partial charge in [0.25, 0.3) is 0 Å². The van der Waals surface area contributed by atoms with E-state index in [1.165, 1.54) is 18.2 Å². The van der Waals surface area contributed by atoms with Gasteiger partial charge in [-0.2, -0.15) is 0 Å². The Hall–Kier alpha value is -1.20. The summed E-state index contributed by atoms with van der Waals surface area (Å²) in [6, 6.07) is 13.2. The fraction of sp³-hybridized carbons (Fsp3) is 0.278. The molecule has 0 bridgehead atoms. The van der Waals surface area contributed by atoms with Crippen molar-refractivity contribution in [3.05, 3.63) is 64.4 Å². The van der Waals surface area contributed by atoms with Gasteiger partial charge in [0, 0.05) is 31.7 Å². The molecule has 148 valence electrons. The maximum Gasteiger partial charge on any atom is 0.193 e. The summed E-state index contributed by atoms with van der Waals surface area (Å²) in [6.07, 6.45) is 0. The number of halogens is 3. The smallest absolute Gasteiger partial charge is 0.193 e. The number of aliphatic imine (C=N–C) groups is 1. The number of rotatable bonds is 6. The van der Waals surface area contributed by atoms with Crippen molar-refractivity contribution in [2.75, 3.05) is 26.4 Å². The second-order valence-corrected chi connectivity index (χ2v) is 8.60. The lowest BCUT2D eigenvalue weighted by Crippen LogP contribution is -2.40. The molecule has 9 heteroatoms. The van der Waals surface area contributed by atoms with E-state index < -0.39 is 15.7 Å². The first kappa shape index (κ1) is 23.8. The first-order chi connectivity index (χ1) is 12.3. The van der Waals surface area contributed by atoms with Gasteiger partial charge in [-0.3, -0.25) is 4.99 Å². The first-order valence-electron chi connectivity index (χ1n) is 7.97. The number of hydrogen-bond donors (Lipinski definition) is 1. The van der Waals surface area contributed by atoms with Crippen LogP contribution in [0.15, 0.2) is 62.9 Å². The average molecular weight is 570 g/mol. The summed E-state index contributed by atoms with van der Waals surface area (Å²) < 4.78 is 39.3. The van der Waals surface area contributed by atoms with Crippen LogP contribution in [0.5, 0.6) is 0 Å². The molecule has 0 aliphatic rings. The van der Waals surface area contributed by atoms with Crippen LogP contribution in [0.1, 0.15) is 5.56 Å². The molecule has 1 N–H and O–H groups in total. The van der Waals surface area contributed by atoms with E-state index >= 15 is 0 Å². The van der Waals surface area contributed by atoms with Gasteiger partial charge in [-0.05, 0) is 23.8 Å². The van der Waals surface area contributed by atoms with Crippen molar-refractivity contribution in [3.8, 4) is 0 Å². The van der Waals surface area contributed by atoms with Crippen molar-refractivity contribution in [2.45, 2.75) is 11.4 Å². The fourth-order valence-corrected chi connectivity index (χ4v) is 4.10. The minimum absolute atomic E-state index is 0. The van der Waals surface area contributed by atoms with E-state index in [4.69, 9.17) is 0 Å². The van der Waals surface area contributed by atoms with Gasteiger partial charge in [0.15, 0.2) is 15.8 Å². The molecule has 2 rings (SSSR count). The third-order valence-corrected chi connectivity index (χ3v) is 6.28. The van der Waals surface area contributed by atoms with Gasteiger partial charge in [0.05, 0.1) is 5.75 Å². The van der Waals surface area contributed by atoms with Gasteiger partial charge in [0.2, 0.25) is 0 Å². The molecule has 0 unspecified atom stereocenters. The fourth-order valence-electron chi connectivity index (χ4n) is 2.45. The van der Waals surface area contributed by atoms with Crippen LogP contribution >= 0.6 is 39.9 Å².